The Morgan fingerprint density at radius 3 is 2.37 bits per heavy atom. The standard InChI is InChI=1S/C23H26O6S/c1-23(2,21(24)25)14-17-12-18-10-6-7-11-19(18)20(13-17)30(27,28)22(26)29-15-16-8-4-3-5-9-16/h3-11,17,20H,12-15H2,1-2H3,(H,24,25)/t17-,20?/m1/s1. The van der Waals surface area contributed by atoms with Crippen molar-refractivity contribution >= 4 is 21.1 Å². The third kappa shape index (κ3) is 4.73. The second-order valence-electron chi connectivity index (χ2n) is 8.46. The van der Waals surface area contributed by atoms with Gasteiger partial charge < -0.3 is 9.84 Å². The predicted molar refractivity (Wildman–Crippen MR) is 113 cm³/mol. The van der Waals surface area contributed by atoms with Crippen LogP contribution in [0, 0.1) is 11.3 Å². The van der Waals surface area contributed by atoms with Crippen LogP contribution in [-0.4, -0.2) is 24.8 Å². The van der Waals surface area contributed by atoms with Crippen molar-refractivity contribution in [1.29, 1.82) is 0 Å². The minimum absolute atomic E-state index is 0.122. The van der Waals surface area contributed by atoms with E-state index in [9.17, 15) is 23.1 Å². The minimum atomic E-state index is -4.26. The molecule has 1 aliphatic rings. The molecule has 30 heavy (non-hydrogen) atoms. The molecule has 7 heteroatoms. The lowest BCUT2D eigenvalue weighted by molar-refractivity contribution is -0.148. The number of carbonyl (C=O) groups excluding carboxylic acids is 1. The lowest BCUT2D eigenvalue weighted by Gasteiger charge is -2.34. The Kier molecular flexibility index (Phi) is 6.31. The van der Waals surface area contributed by atoms with Crippen LogP contribution in [0.5, 0.6) is 0 Å². The van der Waals surface area contributed by atoms with E-state index in [0.717, 1.165) is 5.56 Å². The minimum Gasteiger partial charge on any atom is -0.481 e. The molecule has 2 aromatic rings. The van der Waals surface area contributed by atoms with E-state index < -0.39 is 31.8 Å². The molecule has 3 rings (SSSR count). The quantitative estimate of drug-likeness (QED) is 0.676. The highest BCUT2D eigenvalue weighted by Gasteiger charge is 2.43. The number of carboxylic acid groups (broad SMARTS) is 1. The summed E-state index contributed by atoms with van der Waals surface area (Å²) in [4.78, 5) is 24.1. The Morgan fingerprint density at radius 2 is 1.70 bits per heavy atom. The van der Waals surface area contributed by atoms with Gasteiger partial charge in [0.25, 0.3) is 9.84 Å². The first-order valence-electron chi connectivity index (χ1n) is 9.87. The topological polar surface area (TPSA) is 97.7 Å². The second kappa shape index (κ2) is 8.60. The smallest absolute Gasteiger partial charge is 0.425 e. The zero-order chi connectivity index (χ0) is 21.9. The number of hydrogen-bond donors (Lipinski definition) is 1. The van der Waals surface area contributed by atoms with E-state index in [2.05, 4.69) is 0 Å². The summed E-state index contributed by atoms with van der Waals surface area (Å²) in [5.74, 6) is -1.10. The van der Waals surface area contributed by atoms with Gasteiger partial charge in [0.15, 0.2) is 0 Å². The third-order valence-electron chi connectivity index (χ3n) is 5.64. The molecule has 0 radical (unpaired) electrons. The molecular weight excluding hydrogens is 404 g/mol. The molecule has 1 N–H and O–H groups in total. The Bertz CT molecular complexity index is 1030. The van der Waals surface area contributed by atoms with Crippen molar-refractivity contribution < 1.29 is 27.9 Å². The molecule has 2 atom stereocenters. The molecule has 1 aliphatic carbocycles. The van der Waals surface area contributed by atoms with Gasteiger partial charge in [0.1, 0.15) is 6.61 Å². The number of hydrogen-bond acceptors (Lipinski definition) is 5. The van der Waals surface area contributed by atoms with Gasteiger partial charge in [-0.3, -0.25) is 4.79 Å². The molecule has 0 spiro atoms. The van der Waals surface area contributed by atoms with E-state index in [1.807, 2.05) is 18.2 Å². The molecule has 0 amide bonds. The van der Waals surface area contributed by atoms with Gasteiger partial charge in [-0.15, -0.1) is 0 Å². The zero-order valence-electron chi connectivity index (χ0n) is 17.1. The Morgan fingerprint density at radius 1 is 1.07 bits per heavy atom. The van der Waals surface area contributed by atoms with Crippen LogP contribution in [0.4, 0.5) is 4.79 Å². The number of benzene rings is 2. The number of fused-ring (bicyclic) bond motifs is 1. The van der Waals surface area contributed by atoms with Crippen molar-refractivity contribution in [3.63, 3.8) is 0 Å². The molecule has 0 bridgehead atoms. The van der Waals surface area contributed by atoms with Crippen LogP contribution >= 0.6 is 0 Å². The lowest BCUT2D eigenvalue weighted by atomic mass is 9.74. The van der Waals surface area contributed by atoms with E-state index in [1.165, 1.54) is 0 Å². The predicted octanol–water partition coefficient (Wildman–Crippen LogP) is 4.54. The van der Waals surface area contributed by atoms with Crippen molar-refractivity contribution in [2.75, 3.05) is 0 Å². The van der Waals surface area contributed by atoms with Crippen molar-refractivity contribution in [2.24, 2.45) is 11.3 Å². The van der Waals surface area contributed by atoms with Crippen LogP contribution in [-0.2, 0) is 32.4 Å². The second-order valence-corrected chi connectivity index (χ2v) is 10.4. The fourth-order valence-corrected chi connectivity index (χ4v) is 5.58. The summed E-state index contributed by atoms with van der Waals surface area (Å²) >= 11 is 0. The average Bonchev–Trinajstić information content (AvgIpc) is 2.71. The largest absolute Gasteiger partial charge is 0.481 e. The number of aliphatic carboxylic acids is 1. The van der Waals surface area contributed by atoms with Crippen molar-refractivity contribution in [3.05, 3.63) is 71.3 Å². The number of ether oxygens (including phenoxy) is 1. The SMILES string of the molecule is CC(C)(C[C@@H]1Cc2ccccc2C(S(=O)(=O)C(=O)OCc2ccccc2)C1)C(=O)O. The van der Waals surface area contributed by atoms with Gasteiger partial charge in [-0.05, 0) is 55.7 Å². The van der Waals surface area contributed by atoms with Crippen LogP contribution < -0.4 is 0 Å². The third-order valence-corrected chi connectivity index (χ3v) is 7.42. The first kappa shape index (κ1) is 22.0. The maximum Gasteiger partial charge on any atom is 0.425 e. The summed E-state index contributed by atoms with van der Waals surface area (Å²) in [5, 5.41) is 7.18. The monoisotopic (exact) mass is 430 g/mol. The van der Waals surface area contributed by atoms with E-state index in [1.54, 1.807) is 50.2 Å². The van der Waals surface area contributed by atoms with Crippen LogP contribution in [0.1, 0.15) is 48.6 Å². The molecule has 0 heterocycles. The number of carboxylic acids is 1. The van der Waals surface area contributed by atoms with Crippen molar-refractivity contribution in [2.45, 2.75) is 45.0 Å². The van der Waals surface area contributed by atoms with Crippen LogP contribution in [0.15, 0.2) is 54.6 Å². The normalized spacial score (nSPS) is 19.0. The molecule has 0 aliphatic heterocycles. The lowest BCUT2D eigenvalue weighted by Crippen LogP contribution is -2.33. The highest BCUT2D eigenvalue weighted by Crippen LogP contribution is 2.43. The van der Waals surface area contributed by atoms with E-state index in [0.29, 0.717) is 24.0 Å². The zero-order valence-corrected chi connectivity index (χ0v) is 17.9. The molecule has 0 saturated heterocycles. The van der Waals surface area contributed by atoms with E-state index >= 15 is 0 Å². The molecular formula is C23H26O6S. The molecule has 6 nitrogen and oxygen atoms in total. The molecule has 0 saturated carbocycles. The maximum atomic E-state index is 13.1. The first-order valence-corrected chi connectivity index (χ1v) is 11.4. The highest BCUT2D eigenvalue weighted by atomic mass is 32.2. The Balaban J connectivity index is 1.84. The molecule has 2 aromatic carbocycles. The van der Waals surface area contributed by atoms with Crippen LogP contribution in [0.2, 0.25) is 0 Å². The Labute approximate surface area is 176 Å². The van der Waals surface area contributed by atoms with E-state index in [4.69, 9.17) is 4.74 Å². The van der Waals surface area contributed by atoms with Gasteiger partial charge >= 0.3 is 11.3 Å². The summed E-state index contributed by atoms with van der Waals surface area (Å²) in [5.41, 5.74) is 1.14. The molecule has 0 aromatic heterocycles. The summed E-state index contributed by atoms with van der Waals surface area (Å²) in [6, 6.07) is 16.0. The van der Waals surface area contributed by atoms with Gasteiger partial charge in [0.05, 0.1) is 10.7 Å². The summed E-state index contributed by atoms with van der Waals surface area (Å²) in [6.07, 6.45) is 1.09. The number of rotatable bonds is 6. The van der Waals surface area contributed by atoms with Gasteiger partial charge in [0, 0.05) is 0 Å². The molecule has 160 valence electrons. The number of carbonyl (C=O) groups is 2. The van der Waals surface area contributed by atoms with Gasteiger partial charge in [-0.2, -0.15) is 0 Å². The first-order chi connectivity index (χ1) is 14.1. The van der Waals surface area contributed by atoms with Crippen LogP contribution in [0.3, 0.4) is 0 Å². The summed E-state index contributed by atoms with van der Waals surface area (Å²) in [7, 11) is -4.26. The fraction of sp³-hybridized carbons (Fsp3) is 0.391. The summed E-state index contributed by atoms with van der Waals surface area (Å²) < 4.78 is 31.4. The Hall–Kier alpha value is -2.67. The van der Waals surface area contributed by atoms with Gasteiger partial charge in [0.2, 0.25) is 0 Å². The fourth-order valence-electron chi connectivity index (χ4n) is 4.03. The van der Waals surface area contributed by atoms with Crippen molar-refractivity contribution in [1.82, 2.24) is 0 Å². The van der Waals surface area contributed by atoms with Crippen molar-refractivity contribution in [3.8, 4) is 0 Å². The van der Waals surface area contributed by atoms with E-state index in [-0.39, 0.29) is 18.9 Å². The summed E-state index contributed by atoms with van der Waals surface area (Å²) in [6.45, 7) is 3.14. The number of sulfone groups is 1. The molecule has 0 fully saturated rings. The van der Waals surface area contributed by atoms with Crippen LogP contribution in [0.25, 0.3) is 0 Å². The maximum absolute atomic E-state index is 13.1. The highest BCUT2D eigenvalue weighted by molar-refractivity contribution is 8.05. The molecule has 1 unspecified atom stereocenters. The average molecular weight is 431 g/mol. The van der Waals surface area contributed by atoms with Gasteiger partial charge in [-0.25, -0.2) is 13.2 Å². The van der Waals surface area contributed by atoms with Gasteiger partial charge in [-0.1, -0.05) is 54.6 Å².